The molecular formula is C29H34ClNO4. The molecule has 1 unspecified atom stereocenters. The van der Waals surface area contributed by atoms with Crippen LogP contribution in [0.25, 0.3) is 11.1 Å². The summed E-state index contributed by atoms with van der Waals surface area (Å²) in [5.41, 5.74) is 4.82. The number of rotatable bonds is 11. The molecule has 0 saturated heterocycles. The zero-order chi connectivity index (χ0) is 25.6. The van der Waals surface area contributed by atoms with Crippen molar-refractivity contribution in [3.63, 3.8) is 0 Å². The first-order valence-corrected chi connectivity index (χ1v) is 12.2. The molecule has 2 atom stereocenters. The smallest absolute Gasteiger partial charge is 0.335 e. The molecule has 6 heteroatoms. The maximum atomic E-state index is 11.4. The van der Waals surface area contributed by atoms with Gasteiger partial charge in [0.05, 0.1) is 24.4 Å². The van der Waals surface area contributed by atoms with Gasteiger partial charge in [-0.05, 0) is 80.1 Å². The van der Waals surface area contributed by atoms with E-state index in [4.69, 9.17) is 16.3 Å². The lowest BCUT2D eigenvalue weighted by atomic mass is 9.94. The van der Waals surface area contributed by atoms with Gasteiger partial charge in [0.25, 0.3) is 0 Å². The monoisotopic (exact) mass is 495 g/mol. The van der Waals surface area contributed by atoms with Gasteiger partial charge in [-0.2, -0.15) is 0 Å². The van der Waals surface area contributed by atoms with E-state index < -0.39 is 12.1 Å². The molecular weight excluding hydrogens is 462 g/mol. The lowest BCUT2D eigenvalue weighted by Crippen LogP contribution is -2.46. The van der Waals surface area contributed by atoms with E-state index in [2.05, 4.69) is 19.2 Å². The number of carboxylic acids is 1. The Labute approximate surface area is 212 Å². The van der Waals surface area contributed by atoms with Gasteiger partial charge in [0.2, 0.25) is 0 Å². The number of benzene rings is 3. The highest BCUT2D eigenvalue weighted by Crippen LogP contribution is 2.31. The van der Waals surface area contributed by atoms with Gasteiger partial charge in [-0.15, -0.1) is 0 Å². The standard InChI is InChI=1S/C29H34ClNO4/c1-19-14-22(12-13-25(19)28(33)34)27-11-6-5-10-26(27)20(2)35-18-24(32)17-31-29(3,4)16-21-8-7-9-23(30)15-21/h5-15,20,24,31-32H,16-18H2,1-4H3,(H,33,34)/t20?,24-/m0/s1. The van der Waals surface area contributed by atoms with E-state index in [9.17, 15) is 15.0 Å². The van der Waals surface area contributed by atoms with Crippen LogP contribution in [-0.4, -0.2) is 41.0 Å². The van der Waals surface area contributed by atoms with Crippen LogP contribution in [0.4, 0.5) is 0 Å². The number of carbonyl (C=O) groups is 1. The van der Waals surface area contributed by atoms with Crippen molar-refractivity contribution in [3.8, 4) is 11.1 Å². The third-order valence-electron chi connectivity index (χ3n) is 6.06. The molecule has 35 heavy (non-hydrogen) atoms. The minimum atomic E-state index is -0.933. The average molecular weight is 496 g/mol. The highest BCUT2D eigenvalue weighted by molar-refractivity contribution is 6.30. The number of halogens is 1. The van der Waals surface area contributed by atoms with E-state index in [-0.39, 0.29) is 18.2 Å². The first-order chi connectivity index (χ1) is 16.6. The SMILES string of the molecule is Cc1cc(-c2ccccc2C(C)OC[C@@H](O)CNC(C)(C)Cc2cccc(Cl)c2)ccc1C(=O)O. The highest BCUT2D eigenvalue weighted by Gasteiger charge is 2.21. The van der Waals surface area contributed by atoms with Crippen LogP contribution in [0, 0.1) is 6.92 Å². The fourth-order valence-corrected chi connectivity index (χ4v) is 4.42. The molecule has 0 saturated carbocycles. The molecule has 0 aromatic heterocycles. The second kappa shape index (κ2) is 11.8. The number of ether oxygens (including phenoxy) is 1. The van der Waals surface area contributed by atoms with Gasteiger partial charge < -0.3 is 20.3 Å². The summed E-state index contributed by atoms with van der Waals surface area (Å²) >= 11 is 6.10. The predicted octanol–water partition coefficient (Wildman–Crippen LogP) is 6.06. The van der Waals surface area contributed by atoms with Crippen molar-refractivity contribution >= 4 is 17.6 Å². The van der Waals surface area contributed by atoms with Crippen molar-refractivity contribution in [2.24, 2.45) is 0 Å². The summed E-state index contributed by atoms with van der Waals surface area (Å²) in [6.07, 6.45) is -0.134. The Morgan fingerprint density at radius 3 is 2.51 bits per heavy atom. The van der Waals surface area contributed by atoms with Gasteiger partial charge in [-0.25, -0.2) is 4.79 Å². The first-order valence-electron chi connectivity index (χ1n) is 11.8. The van der Waals surface area contributed by atoms with Gasteiger partial charge in [0.1, 0.15) is 0 Å². The van der Waals surface area contributed by atoms with Gasteiger partial charge in [-0.1, -0.05) is 60.1 Å². The van der Waals surface area contributed by atoms with E-state index in [1.54, 1.807) is 13.0 Å². The number of carboxylic acid groups (broad SMARTS) is 1. The summed E-state index contributed by atoms with van der Waals surface area (Å²) in [6, 6.07) is 21.1. The summed E-state index contributed by atoms with van der Waals surface area (Å²) in [6.45, 7) is 8.54. The predicted molar refractivity (Wildman–Crippen MR) is 141 cm³/mol. The molecule has 0 aliphatic rings. The van der Waals surface area contributed by atoms with Crippen molar-refractivity contribution < 1.29 is 19.7 Å². The second-order valence-electron chi connectivity index (χ2n) is 9.62. The Balaban J connectivity index is 1.59. The van der Waals surface area contributed by atoms with Crippen LogP contribution in [0.2, 0.25) is 5.02 Å². The van der Waals surface area contributed by atoms with Gasteiger partial charge in [0, 0.05) is 17.1 Å². The molecule has 0 fully saturated rings. The van der Waals surface area contributed by atoms with Crippen LogP contribution in [0.1, 0.15) is 53.9 Å². The Morgan fingerprint density at radius 2 is 1.83 bits per heavy atom. The molecule has 3 aromatic rings. The zero-order valence-corrected chi connectivity index (χ0v) is 21.5. The number of aromatic carboxylic acids is 1. The van der Waals surface area contributed by atoms with E-state index >= 15 is 0 Å². The number of hydrogen-bond donors (Lipinski definition) is 3. The van der Waals surface area contributed by atoms with Crippen molar-refractivity contribution in [2.45, 2.75) is 51.9 Å². The first kappa shape index (κ1) is 26.9. The molecule has 3 aromatic carbocycles. The third kappa shape index (κ3) is 7.64. The van der Waals surface area contributed by atoms with Crippen LogP contribution >= 0.6 is 11.6 Å². The number of aliphatic hydroxyl groups is 1. The van der Waals surface area contributed by atoms with Gasteiger partial charge in [-0.3, -0.25) is 0 Å². The molecule has 0 bridgehead atoms. The van der Waals surface area contributed by atoms with Crippen LogP contribution in [0.3, 0.4) is 0 Å². The van der Waals surface area contributed by atoms with Crippen LogP contribution in [-0.2, 0) is 11.2 Å². The normalized spacial score (nSPS) is 13.4. The maximum absolute atomic E-state index is 11.4. The molecule has 0 aliphatic carbocycles. The summed E-state index contributed by atoms with van der Waals surface area (Å²) in [7, 11) is 0. The molecule has 0 amide bonds. The van der Waals surface area contributed by atoms with Crippen LogP contribution in [0.5, 0.6) is 0 Å². The minimum Gasteiger partial charge on any atom is -0.478 e. The lowest BCUT2D eigenvalue weighted by Gasteiger charge is -2.28. The summed E-state index contributed by atoms with van der Waals surface area (Å²) in [5, 5.41) is 24.0. The molecule has 0 aliphatic heterocycles. The van der Waals surface area contributed by atoms with Crippen molar-refractivity contribution in [2.75, 3.05) is 13.2 Å². The molecule has 3 N–H and O–H groups in total. The molecule has 5 nitrogen and oxygen atoms in total. The quantitative estimate of drug-likeness (QED) is 0.301. The molecule has 0 heterocycles. The molecule has 186 valence electrons. The van der Waals surface area contributed by atoms with Crippen LogP contribution in [0.15, 0.2) is 66.7 Å². The maximum Gasteiger partial charge on any atom is 0.335 e. The average Bonchev–Trinajstić information content (AvgIpc) is 2.80. The van der Waals surface area contributed by atoms with Gasteiger partial charge in [0.15, 0.2) is 0 Å². The van der Waals surface area contributed by atoms with E-state index in [1.165, 1.54) is 0 Å². The topological polar surface area (TPSA) is 78.8 Å². The van der Waals surface area contributed by atoms with Crippen molar-refractivity contribution in [1.29, 1.82) is 0 Å². The Hall–Kier alpha value is -2.70. The Kier molecular flexibility index (Phi) is 9.09. The zero-order valence-electron chi connectivity index (χ0n) is 20.7. The fourth-order valence-electron chi connectivity index (χ4n) is 4.20. The summed E-state index contributed by atoms with van der Waals surface area (Å²) in [5.74, 6) is -0.933. The van der Waals surface area contributed by atoms with Crippen LogP contribution < -0.4 is 5.32 Å². The van der Waals surface area contributed by atoms with E-state index in [0.29, 0.717) is 22.7 Å². The molecule has 3 rings (SSSR count). The third-order valence-corrected chi connectivity index (χ3v) is 6.29. The van der Waals surface area contributed by atoms with Crippen molar-refractivity contribution in [1.82, 2.24) is 5.32 Å². The Bertz CT molecular complexity index is 1160. The fraction of sp³-hybridized carbons (Fsp3) is 0.345. The number of β-amino-alcohol motifs (C(OH)–C–C–N with tert-alkyl or cyclic N) is 1. The number of aryl methyl sites for hydroxylation is 1. The van der Waals surface area contributed by atoms with E-state index in [0.717, 1.165) is 28.7 Å². The summed E-state index contributed by atoms with van der Waals surface area (Å²) in [4.78, 5) is 11.4. The number of aliphatic hydroxyl groups excluding tert-OH is 1. The summed E-state index contributed by atoms with van der Waals surface area (Å²) < 4.78 is 6.04. The number of nitrogens with one attached hydrogen (secondary N) is 1. The highest BCUT2D eigenvalue weighted by atomic mass is 35.5. The Morgan fingerprint density at radius 1 is 1.09 bits per heavy atom. The molecule has 0 spiro atoms. The largest absolute Gasteiger partial charge is 0.478 e. The van der Waals surface area contributed by atoms with Crippen molar-refractivity contribution in [3.05, 3.63) is 94.0 Å². The lowest BCUT2D eigenvalue weighted by molar-refractivity contribution is -0.00397. The van der Waals surface area contributed by atoms with Gasteiger partial charge >= 0.3 is 5.97 Å². The molecule has 0 radical (unpaired) electrons. The number of hydrogen-bond acceptors (Lipinski definition) is 4. The van der Waals surface area contributed by atoms with E-state index in [1.807, 2.05) is 67.6 Å². The second-order valence-corrected chi connectivity index (χ2v) is 10.1. The minimum absolute atomic E-state index is 0.187.